The van der Waals surface area contributed by atoms with E-state index in [0.29, 0.717) is 11.1 Å². The van der Waals surface area contributed by atoms with Crippen molar-refractivity contribution in [2.24, 2.45) is 0 Å². The molecule has 0 aliphatic rings. The number of aromatic nitrogens is 2. The second kappa shape index (κ2) is 9.81. The van der Waals surface area contributed by atoms with Gasteiger partial charge in [0, 0.05) is 32.3 Å². The van der Waals surface area contributed by atoms with Crippen LogP contribution in [-0.4, -0.2) is 8.97 Å². The zero-order chi connectivity index (χ0) is 31.9. The second-order valence-corrected chi connectivity index (χ2v) is 12.4. The zero-order valence-corrected chi connectivity index (χ0v) is 25.6. The number of nitriles is 2. The van der Waals surface area contributed by atoms with Crippen molar-refractivity contribution in [2.75, 3.05) is 0 Å². The molecule has 0 spiro atoms. The number of hydrogen-bond donors (Lipinski definition) is 0. The molecule has 0 bridgehead atoms. The number of hydrogen-bond acceptors (Lipinski definition) is 2. The number of benzene rings is 7. The van der Waals surface area contributed by atoms with E-state index in [-0.39, 0.29) is 0 Å². The second-order valence-electron chi connectivity index (χ2n) is 12.4. The van der Waals surface area contributed by atoms with Crippen LogP contribution in [-0.2, 0) is 0 Å². The van der Waals surface area contributed by atoms with E-state index in [1.807, 2.05) is 30.3 Å². The Morgan fingerprint density at radius 2 is 0.979 bits per heavy atom. The largest absolute Gasteiger partial charge is 0.309 e. The summed E-state index contributed by atoms with van der Waals surface area (Å²) in [6.45, 7) is 0. The standard InChI is InChI=1S/C44H24N4/c45-25-27-8-7-9-29(20-27)31-21-28(26-46)22-32(23-31)30-16-17-35-33-10-1-4-13-38(33)47(42(35)24-30)41-19-18-36-34-11-2-5-14-39(34)48-40-15-6-3-12-37(40)43(41)44(36)48/h1-24H. The molecule has 7 aromatic carbocycles. The van der Waals surface area contributed by atoms with E-state index in [2.05, 4.69) is 130 Å². The van der Waals surface area contributed by atoms with Crippen LogP contribution >= 0.6 is 0 Å². The summed E-state index contributed by atoms with van der Waals surface area (Å²) in [5, 5.41) is 26.9. The van der Waals surface area contributed by atoms with Gasteiger partial charge in [0.05, 0.1) is 56.5 Å². The van der Waals surface area contributed by atoms with E-state index in [4.69, 9.17) is 0 Å². The third-order valence-corrected chi connectivity index (χ3v) is 9.86. The van der Waals surface area contributed by atoms with Crippen LogP contribution in [0.4, 0.5) is 0 Å². The predicted octanol–water partition coefficient (Wildman–Crippen LogP) is 11.0. The molecule has 0 aliphatic carbocycles. The third-order valence-electron chi connectivity index (χ3n) is 9.86. The van der Waals surface area contributed by atoms with Crippen LogP contribution in [0.15, 0.2) is 146 Å². The van der Waals surface area contributed by atoms with Crippen LogP contribution < -0.4 is 0 Å². The minimum atomic E-state index is 0.577. The fourth-order valence-corrected chi connectivity index (χ4v) is 7.83. The normalized spacial score (nSPS) is 11.7. The van der Waals surface area contributed by atoms with Gasteiger partial charge in [0.1, 0.15) is 0 Å². The van der Waals surface area contributed by atoms with Crippen molar-refractivity contribution in [1.82, 2.24) is 8.97 Å². The Morgan fingerprint density at radius 1 is 0.396 bits per heavy atom. The molecule has 0 fully saturated rings. The Morgan fingerprint density at radius 3 is 1.73 bits per heavy atom. The summed E-state index contributed by atoms with van der Waals surface area (Å²) in [6.07, 6.45) is 0. The molecule has 0 saturated heterocycles. The molecule has 0 amide bonds. The fraction of sp³-hybridized carbons (Fsp3) is 0. The Kier molecular flexibility index (Phi) is 5.38. The maximum absolute atomic E-state index is 10.0. The van der Waals surface area contributed by atoms with Crippen molar-refractivity contribution in [3.05, 3.63) is 157 Å². The number of rotatable bonds is 3. The molecule has 10 aromatic rings. The Labute approximate surface area is 275 Å². The van der Waals surface area contributed by atoms with Gasteiger partial charge in [-0.2, -0.15) is 10.5 Å². The van der Waals surface area contributed by atoms with Crippen molar-refractivity contribution in [3.63, 3.8) is 0 Å². The van der Waals surface area contributed by atoms with Gasteiger partial charge in [0.15, 0.2) is 0 Å². The molecule has 3 heterocycles. The van der Waals surface area contributed by atoms with Crippen LogP contribution in [0.25, 0.3) is 87.8 Å². The van der Waals surface area contributed by atoms with Gasteiger partial charge in [-0.1, -0.05) is 84.9 Å². The first-order valence-electron chi connectivity index (χ1n) is 16.0. The molecule has 0 N–H and O–H groups in total. The number of fused-ring (bicyclic) bond motifs is 9. The highest BCUT2D eigenvalue weighted by atomic mass is 15.0. The van der Waals surface area contributed by atoms with Crippen molar-refractivity contribution >= 4 is 59.9 Å². The molecule has 3 aromatic heterocycles. The highest BCUT2D eigenvalue weighted by molar-refractivity contribution is 6.26. The lowest BCUT2D eigenvalue weighted by Crippen LogP contribution is -1.95. The molecule has 0 radical (unpaired) electrons. The number of nitrogens with zero attached hydrogens (tertiary/aromatic N) is 4. The molecule has 4 nitrogen and oxygen atoms in total. The van der Waals surface area contributed by atoms with E-state index in [9.17, 15) is 10.5 Å². The van der Waals surface area contributed by atoms with Crippen LogP contribution in [0.5, 0.6) is 0 Å². The van der Waals surface area contributed by atoms with Gasteiger partial charge in [-0.25, -0.2) is 0 Å². The third kappa shape index (κ3) is 3.57. The SMILES string of the molecule is N#Cc1cccc(-c2cc(C#N)cc(-c3ccc4c5ccccc5n(-c5ccc6c7ccccc7n7c8ccccc8c5c67)c4c3)c2)c1. The Bertz CT molecular complexity index is 3030. The van der Waals surface area contributed by atoms with Gasteiger partial charge in [-0.3, -0.25) is 0 Å². The molecule has 0 atom stereocenters. The summed E-state index contributed by atoms with van der Waals surface area (Å²) >= 11 is 0. The minimum absolute atomic E-state index is 0.577. The average Bonchev–Trinajstić information content (AvgIpc) is 3.79. The summed E-state index contributed by atoms with van der Waals surface area (Å²) < 4.78 is 4.84. The van der Waals surface area contributed by atoms with Crippen LogP contribution in [0.3, 0.4) is 0 Å². The first kappa shape index (κ1) is 26.3. The quantitative estimate of drug-likeness (QED) is 0.200. The predicted molar refractivity (Wildman–Crippen MR) is 196 cm³/mol. The monoisotopic (exact) mass is 608 g/mol. The summed E-state index contributed by atoms with van der Waals surface area (Å²) in [4.78, 5) is 0. The van der Waals surface area contributed by atoms with Gasteiger partial charge in [0.25, 0.3) is 0 Å². The van der Waals surface area contributed by atoms with Crippen molar-refractivity contribution in [2.45, 2.75) is 0 Å². The Balaban J connectivity index is 1.28. The Hall–Kier alpha value is -6.88. The smallest absolute Gasteiger partial charge is 0.0992 e. The van der Waals surface area contributed by atoms with Crippen LogP contribution in [0.2, 0.25) is 0 Å². The summed E-state index contributed by atoms with van der Waals surface area (Å²) in [5.74, 6) is 0. The van der Waals surface area contributed by atoms with E-state index in [1.165, 1.54) is 48.9 Å². The highest BCUT2D eigenvalue weighted by Crippen LogP contribution is 2.44. The van der Waals surface area contributed by atoms with Gasteiger partial charge in [0.2, 0.25) is 0 Å². The summed E-state index contributed by atoms with van der Waals surface area (Å²) in [6, 6.07) is 55.3. The van der Waals surface area contributed by atoms with Crippen LogP contribution in [0, 0.1) is 22.7 Å². The lowest BCUT2D eigenvalue weighted by molar-refractivity contribution is 1.20. The number of para-hydroxylation sites is 3. The molecule has 220 valence electrons. The summed E-state index contributed by atoms with van der Waals surface area (Å²) in [5.41, 5.74) is 12.0. The van der Waals surface area contributed by atoms with Crippen molar-refractivity contribution < 1.29 is 0 Å². The summed E-state index contributed by atoms with van der Waals surface area (Å²) in [7, 11) is 0. The van der Waals surface area contributed by atoms with E-state index in [0.717, 1.165) is 39.0 Å². The van der Waals surface area contributed by atoms with Crippen LogP contribution in [0.1, 0.15) is 11.1 Å². The molecule has 10 rings (SSSR count). The highest BCUT2D eigenvalue weighted by Gasteiger charge is 2.22. The topological polar surface area (TPSA) is 56.9 Å². The molecule has 48 heavy (non-hydrogen) atoms. The van der Waals surface area contributed by atoms with Crippen molar-refractivity contribution in [3.8, 4) is 40.1 Å². The van der Waals surface area contributed by atoms with Gasteiger partial charge in [-0.05, 0) is 82.9 Å². The van der Waals surface area contributed by atoms with Gasteiger partial charge in [-0.15, -0.1) is 0 Å². The lowest BCUT2D eigenvalue weighted by atomic mass is 9.95. The lowest BCUT2D eigenvalue weighted by Gasteiger charge is -2.12. The fourth-order valence-electron chi connectivity index (χ4n) is 7.83. The van der Waals surface area contributed by atoms with Crippen molar-refractivity contribution in [1.29, 1.82) is 10.5 Å². The average molecular weight is 609 g/mol. The molecular weight excluding hydrogens is 585 g/mol. The minimum Gasteiger partial charge on any atom is -0.309 e. The first-order valence-corrected chi connectivity index (χ1v) is 16.0. The first-order chi connectivity index (χ1) is 23.7. The van der Waals surface area contributed by atoms with Gasteiger partial charge < -0.3 is 8.97 Å². The maximum Gasteiger partial charge on any atom is 0.0992 e. The molecule has 0 unspecified atom stereocenters. The molecule has 0 aliphatic heterocycles. The van der Waals surface area contributed by atoms with E-state index < -0.39 is 0 Å². The zero-order valence-electron chi connectivity index (χ0n) is 25.6. The molecule has 0 saturated carbocycles. The molecule has 4 heteroatoms. The van der Waals surface area contributed by atoms with E-state index in [1.54, 1.807) is 6.07 Å². The molecular formula is C44H24N4. The van der Waals surface area contributed by atoms with Gasteiger partial charge >= 0.3 is 0 Å². The maximum atomic E-state index is 10.0. The van der Waals surface area contributed by atoms with E-state index >= 15 is 0 Å².